The van der Waals surface area contributed by atoms with Gasteiger partial charge in [0.05, 0.1) is 11.3 Å². The number of aromatic hydroxyl groups is 1. The Labute approximate surface area is 120 Å². The normalized spacial score (nSPS) is 10.9. The summed E-state index contributed by atoms with van der Waals surface area (Å²) < 4.78 is 5.02. The number of nitrogens with two attached hydrogens (primary N) is 1. The minimum atomic E-state index is -0.682. The lowest BCUT2D eigenvalue weighted by Gasteiger charge is -2.06. The number of primary amides is 1. The zero-order valence-corrected chi connectivity index (χ0v) is 11.3. The van der Waals surface area contributed by atoms with Gasteiger partial charge in [-0.25, -0.2) is 0 Å². The second-order valence-corrected chi connectivity index (χ2v) is 4.85. The van der Waals surface area contributed by atoms with E-state index in [1.54, 1.807) is 12.3 Å². The molecular weight excluding hydrogens is 270 g/mol. The van der Waals surface area contributed by atoms with Gasteiger partial charge in [0.15, 0.2) is 5.75 Å². The number of phenols is 1. The summed E-state index contributed by atoms with van der Waals surface area (Å²) in [5, 5.41) is 14.7. The summed E-state index contributed by atoms with van der Waals surface area (Å²) in [6.07, 6.45) is 2.22. The van der Waals surface area contributed by atoms with Crippen LogP contribution in [0.2, 0.25) is 0 Å². The minimum Gasteiger partial charge on any atom is -0.505 e. The number of rotatable bonds is 3. The molecule has 106 valence electrons. The molecule has 0 aliphatic carbocycles. The molecule has 2 aromatic heterocycles. The molecule has 0 radical (unpaired) electrons. The summed E-state index contributed by atoms with van der Waals surface area (Å²) in [7, 11) is 0. The maximum Gasteiger partial charge on any atom is 0.252 e. The molecule has 0 bridgehead atoms. The first-order chi connectivity index (χ1) is 10.0. The number of benzene rings is 1. The van der Waals surface area contributed by atoms with Crippen LogP contribution in [0.1, 0.15) is 27.4 Å². The third-order valence-corrected chi connectivity index (χ3v) is 3.21. The van der Waals surface area contributed by atoms with Gasteiger partial charge in [0.2, 0.25) is 0 Å². The van der Waals surface area contributed by atoms with E-state index in [1.807, 2.05) is 19.1 Å². The van der Waals surface area contributed by atoms with Crippen LogP contribution in [-0.2, 0) is 6.42 Å². The van der Waals surface area contributed by atoms with E-state index in [-0.39, 0.29) is 11.3 Å². The lowest BCUT2D eigenvalue weighted by atomic mass is 10.1. The number of aryl methyl sites for hydroxylation is 1. The standard InChI is InChI=1S/C15H13N3O3/c1-8-4-11(18-21-8)6-9-5-10-2-3-12(15(16)20)14(19)13(10)17-7-9/h2-5,7,19H,6H2,1H3,(H2,16,20). The van der Waals surface area contributed by atoms with E-state index in [4.69, 9.17) is 10.3 Å². The van der Waals surface area contributed by atoms with Crippen molar-refractivity contribution in [2.24, 2.45) is 5.73 Å². The zero-order valence-electron chi connectivity index (χ0n) is 11.3. The molecule has 1 amide bonds. The lowest BCUT2D eigenvalue weighted by molar-refractivity contribution is 0.0998. The Kier molecular flexibility index (Phi) is 3.06. The fraction of sp³-hybridized carbons (Fsp3) is 0.133. The molecule has 6 heteroatoms. The van der Waals surface area contributed by atoms with Crippen LogP contribution in [-0.4, -0.2) is 21.2 Å². The molecule has 0 aliphatic heterocycles. The van der Waals surface area contributed by atoms with Crippen LogP contribution < -0.4 is 5.73 Å². The van der Waals surface area contributed by atoms with Crippen LogP contribution in [0.4, 0.5) is 0 Å². The van der Waals surface area contributed by atoms with Crippen molar-refractivity contribution in [1.82, 2.24) is 10.1 Å². The molecule has 0 atom stereocenters. The topological polar surface area (TPSA) is 102 Å². The number of hydrogen-bond acceptors (Lipinski definition) is 5. The van der Waals surface area contributed by atoms with Gasteiger partial charge in [-0.3, -0.25) is 9.78 Å². The van der Waals surface area contributed by atoms with Gasteiger partial charge in [-0.05, 0) is 24.6 Å². The molecule has 3 rings (SSSR count). The number of nitrogens with zero attached hydrogens (tertiary/aromatic N) is 2. The van der Waals surface area contributed by atoms with E-state index in [9.17, 15) is 9.90 Å². The van der Waals surface area contributed by atoms with Gasteiger partial charge >= 0.3 is 0 Å². The van der Waals surface area contributed by atoms with Gasteiger partial charge in [0.25, 0.3) is 5.91 Å². The Bertz CT molecular complexity index is 839. The number of aromatic nitrogens is 2. The average Bonchev–Trinajstić information content (AvgIpc) is 2.84. The summed E-state index contributed by atoms with van der Waals surface area (Å²) >= 11 is 0. The Balaban J connectivity index is 2.01. The molecule has 0 spiro atoms. The summed E-state index contributed by atoms with van der Waals surface area (Å²) in [5.41, 5.74) is 7.36. The highest BCUT2D eigenvalue weighted by atomic mass is 16.5. The lowest BCUT2D eigenvalue weighted by Crippen LogP contribution is -2.11. The molecule has 1 aromatic carbocycles. The van der Waals surface area contributed by atoms with Gasteiger partial charge in [0, 0.05) is 24.1 Å². The quantitative estimate of drug-likeness (QED) is 0.764. The second-order valence-electron chi connectivity index (χ2n) is 4.85. The van der Waals surface area contributed by atoms with E-state index >= 15 is 0 Å². The van der Waals surface area contributed by atoms with Gasteiger partial charge in [0.1, 0.15) is 11.3 Å². The van der Waals surface area contributed by atoms with E-state index in [0.717, 1.165) is 22.4 Å². The first kappa shape index (κ1) is 13.1. The molecule has 6 nitrogen and oxygen atoms in total. The molecule has 0 unspecified atom stereocenters. The molecule has 0 saturated heterocycles. The van der Waals surface area contributed by atoms with Crippen molar-refractivity contribution in [3.8, 4) is 5.75 Å². The Morgan fingerprint density at radius 1 is 1.38 bits per heavy atom. The highest BCUT2D eigenvalue weighted by Crippen LogP contribution is 2.27. The fourth-order valence-corrected chi connectivity index (χ4v) is 2.24. The van der Waals surface area contributed by atoms with Crippen molar-refractivity contribution in [1.29, 1.82) is 0 Å². The summed E-state index contributed by atoms with van der Waals surface area (Å²) in [6.45, 7) is 1.83. The number of hydrogen-bond donors (Lipinski definition) is 2. The van der Waals surface area contributed by atoms with Crippen LogP contribution >= 0.6 is 0 Å². The van der Waals surface area contributed by atoms with Gasteiger partial charge in [-0.1, -0.05) is 11.2 Å². The smallest absolute Gasteiger partial charge is 0.252 e. The average molecular weight is 283 g/mol. The van der Waals surface area contributed by atoms with Gasteiger partial charge < -0.3 is 15.4 Å². The molecular formula is C15H13N3O3. The number of fused-ring (bicyclic) bond motifs is 1. The fourth-order valence-electron chi connectivity index (χ4n) is 2.24. The predicted octanol–water partition coefficient (Wildman–Crippen LogP) is 1.93. The molecule has 0 aliphatic rings. The molecule has 21 heavy (non-hydrogen) atoms. The Morgan fingerprint density at radius 2 is 2.19 bits per heavy atom. The third-order valence-electron chi connectivity index (χ3n) is 3.21. The number of carbonyl (C=O) groups excluding carboxylic acids is 1. The molecule has 0 saturated carbocycles. The summed E-state index contributed by atoms with van der Waals surface area (Å²) in [5.74, 6) is -0.121. The largest absolute Gasteiger partial charge is 0.505 e. The van der Waals surface area contributed by atoms with Crippen LogP contribution in [0.25, 0.3) is 10.9 Å². The van der Waals surface area contributed by atoms with Crippen LogP contribution in [0.3, 0.4) is 0 Å². The maximum absolute atomic E-state index is 11.2. The number of carbonyl (C=O) groups is 1. The van der Waals surface area contributed by atoms with Gasteiger partial charge in [-0.2, -0.15) is 0 Å². The highest BCUT2D eigenvalue weighted by Gasteiger charge is 2.12. The number of pyridine rings is 1. The highest BCUT2D eigenvalue weighted by molar-refractivity contribution is 6.01. The Morgan fingerprint density at radius 3 is 2.86 bits per heavy atom. The maximum atomic E-state index is 11.2. The van der Waals surface area contributed by atoms with Crippen molar-refractivity contribution in [2.75, 3.05) is 0 Å². The van der Waals surface area contributed by atoms with E-state index in [2.05, 4.69) is 10.1 Å². The van der Waals surface area contributed by atoms with Crippen molar-refractivity contribution in [3.63, 3.8) is 0 Å². The molecule has 3 aromatic rings. The molecule has 0 fully saturated rings. The van der Waals surface area contributed by atoms with E-state index < -0.39 is 5.91 Å². The van der Waals surface area contributed by atoms with Crippen LogP contribution in [0.15, 0.2) is 35.0 Å². The van der Waals surface area contributed by atoms with Crippen molar-refractivity contribution in [3.05, 3.63) is 53.0 Å². The monoisotopic (exact) mass is 283 g/mol. The SMILES string of the molecule is Cc1cc(Cc2cnc3c(O)c(C(N)=O)ccc3c2)no1. The predicted molar refractivity (Wildman–Crippen MR) is 76.0 cm³/mol. The van der Waals surface area contributed by atoms with Crippen LogP contribution in [0, 0.1) is 6.92 Å². The summed E-state index contributed by atoms with van der Waals surface area (Å²) in [6, 6.07) is 6.94. The van der Waals surface area contributed by atoms with Crippen molar-refractivity contribution >= 4 is 16.8 Å². The van der Waals surface area contributed by atoms with E-state index in [0.29, 0.717) is 11.9 Å². The van der Waals surface area contributed by atoms with Crippen molar-refractivity contribution < 1.29 is 14.4 Å². The van der Waals surface area contributed by atoms with E-state index in [1.165, 1.54) is 6.07 Å². The number of amides is 1. The molecule has 2 heterocycles. The first-order valence-electron chi connectivity index (χ1n) is 6.37. The molecule has 3 N–H and O–H groups in total. The first-order valence-corrected chi connectivity index (χ1v) is 6.37. The van der Waals surface area contributed by atoms with Crippen LogP contribution in [0.5, 0.6) is 5.75 Å². The van der Waals surface area contributed by atoms with Gasteiger partial charge in [-0.15, -0.1) is 0 Å². The summed E-state index contributed by atoms with van der Waals surface area (Å²) in [4.78, 5) is 15.4. The minimum absolute atomic E-state index is 0.0647. The Hall–Kier alpha value is -2.89. The zero-order chi connectivity index (χ0) is 15.0. The second kappa shape index (κ2) is 4.90. The third kappa shape index (κ3) is 2.43. The van der Waals surface area contributed by atoms with Crippen molar-refractivity contribution in [2.45, 2.75) is 13.3 Å².